The van der Waals surface area contributed by atoms with E-state index in [1.54, 1.807) is 6.33 Å². The quantitative estimate of drug-likeness (QED) is 0.415. The molecule has 12 nitrogen and oxygen atoms in total. The maximum absolute atomic E-state index is 8.50. The van der Waals surface area contributed by atoms with Crippen LogP contribution in [0, 0.1) is 5.92 Å². The van der Waals surface area contributed by atoms with Gasteiger partial charge in [-0.15, -0.1) is 0 Å². The molecule has 166 valence electrons. The summed E-state index contributed by atoms with van der Waals surface area (Å²) in [5.74, 6) is 0.0923. The molecule has 12 heteroatoms. The molecule has 31 heavy (non-hydrogen) atoms. The van der Waals surface area contributed by atoms with Crippen molar-refractivity contribution in [3.63, 3.8) is 0 Å². The lowest BCUT2D eigenvalue weighted by Gasteiger charge is -2.42. The summed E-state index contributed by atoms with van der Waals surface area (Å²) in [5.41, 5.74) is 15.6. The van der Waals surface area contributed by atoms with Crippen molar-refractivity contribution in [2.24, 2.45) is 11.0 Å². The second kappa shape index (κ2) is 7.57. The summed E-state index contributed by atoms with van der Waals surface area (Å²) in [7, 11) is 2.10. The van der Waals surface area contributed by atoms with Gasteiger partial charge in [0.15, 0.2) is 23.5 Å². The first-order chi connectivity index (χ1) is 14.9. The topological polar surface area (TPSA) is 149 Å². The number of nitrogen functional groups attached to an aromatic ring is 1. The molecule has 3 aliphatic rings. The first kappa shape index (κ1) is 20.4. The maximum atomic E-state index is 8.50. The zero-order valence-corrected chi connectivity index (χ0v) is 17.8. The lowest BCUT2D eigenvalue weighted by molar-refractivity contribution is -0.198. The highest BCUT2D eigenvalue weighted by molar-refractivity contribution is 5.81. The number of hydrogen-bond acceptors (Lipinski definition) is 9. The van der Waals surface area contributed by atoms with Crippen LogP contribution in [0.3, 0.4) is 0 Å². The number of ether oxygens (including phenoxy) is 3. The van der Waals surface area contributed by atoms with Crippen LogP contribution in [-0.2, 0) is 14.2 Å². The lowest BCUT2D eigenvalue weighted by Crippen LogP contribution is -2.48. The van der Waals surface area contributed by atoms with Crippen LogP contribution in [0.4, 0.5) is 5.82 Å². The van der Waals surface area contributed by atoms with Crippen molar-refractivity contribution in [3.8, 4) is 0 Å². The molecular weight excluding hydrogens is 402 g/mol. The van der Waals surface area contributed by atoms with E-state index in [0.29, 0.717) is 42.0 Å². The van der Waals surface area contributed by atoms with Gasteiger partial charge in [-0.25, -0.2) is 15.0 Å². The summed E-state index contributed by atoms with van der Waals surface area (Å²) in [4.78, 5) is 17.9. The van der Waals surface area contributed by atoms with E-state index in [9.17, 15) is 0 Å². The molecule has 0 radical (unpaired) electrons. The minimum absolute atomic E-state index is 0.172. The second-order valence-corrected chi connectivity index (χ2v) is 9.06. The fourth-order valence-electron chi connectivity index (χ4n) is 4.88. The van der Waals surface area contributed by atoms with Crippen molar-refractivity contribution in [1.29, 1.82) is 0 Å². The van der Waals surface area contributed by atoms with Gasteiger partial charge in [-0.2, -0.15) is 0 Å². The van der Waals surface area contributed by atoms with Crippen LogP contribution in [0.1, 0.15) is 32.9 Å². The molecule has 0 spiro atoms. The number of anilines is 1. The van der Waals surface area contributed by atoms with Crippen LogP contribution in [0.2, 0.25) is 0 Å². The molecule has 1 unspecified atom stereocenters. The molecular formula is C19H27N9O3. The Labute approximate surface area is 179 Å². The summed E-state index contributed by atoms with van der Waals surface area (Å²) in [6, 6.07) is 0.442. The largest absolute Gasteiger partial charge is 0.382 e. The predicted molar refractivity (Wildman–Crippen MR) is 111 cm³/mol. The monoisotopic (exact) mass is 429 g/mol. The number of imidazole rings is 1. The minimum atomic E-state index is -0.699. The number of rotatable bonds is 6. The lowest BCUT2D eigenvalue weighted by atomic mass is 9.79. The Morgan fingerprint density at radius 3 is 2.84 bits per heavy atom. The van der Waals surface area contributed by atoms with Gasteiger partial charge in [-0.3, -0.25) is 4.57 Å². The Morgan fingerprint density at radius 1 is 1.29 bits per heavy atom. The molecule has 0 aromatic carbocycles. The van der Waals surface area contributed by atoms with Gasteiger partial charge in [-0.1, -0.05) is 5.11 Å². The number of likely N-dealkylation sites (N-methyl/N-ethyl adjacent to an activating group) is 1. The molecule has 4 heterocycles. The molecule has 0 amide bonds. The van der Waals surface area contributed by atoms with Crippen molar-refractivity contribution in [1.82, 2.24) is 24.4 Å². The zero-order valence-electron chi connectivity index (χ0n) is 17.8. The minimum Gasteiger partial charge on any atom is -0.382 e. The molecule has 2 aromatic rings. The molecule has 4 atom stereocenters. The van der Waals surface area contributed by atoms with Gasteiger partial charge < -0.3 is 24.8 Å². The Morgan fingerprint density at radius 2 is 2.06 bits per heavy atom. The smallest absolute Gasteiger partial charge is 0.167 e. The van der Waals surface area contributed by atoms with E-state index in [0.717, 1.165) is 12.8 Å². The third kappa shape index (κ3) is 3.60. The SMILES string of the molecule is CN(C[C@H]1OC(n2cnc3c(N)ncnc32)[C@@H]2OC(C)(C)O[C@H]12)C1CC(CN=[N+]=[N-])C1. The van der Waals surface area contributed by atoms with E-state index in [1.807, 2.05) is 18.4 Å². The van der Waals surface area contributed by atoms with Crippen LogP contribution in [0.25, 0.3) is 21.6 Å². The maximum Gasteiger partial charge on any atom is 0.167 e. The molecule has 2 aromatic heterocycles. The summed E-state index contributed by atoms with van der Waals surface area (Å²) in [5, 5.41) is 3.69. The second-order valence-electron chi connectivity index (χ2n) is 9.06. The van der Waals surface area contributed by atoms with Crippen molar-refractivity contribution in [2.75, 3.05) is 25.9 Å². The molecule has 1 saturated carbocycles. The van der Waals surface area contributed by atoms with Crippen LogP contribution in [0.15, 0.2) is 17.8 Å². The Hall–Kier alpha value is -2.50. The van der Waals surface area contributed by atoms with Gasteiger partial charge in [0.25, 0.3) is 0 Å². The van der Waals surface area contributed by atoms with E-state index in [4.69, 9.17) is 25.5 Å². The van der Waals surface area contributed by atoms with Crippen molar-refractivity contribution in [2.45, 2.75) is 63.1 Å². The molecule has 0 bridgehead atoms. The van der Waals surface area contributed by atoms with Gasteiger partial charge in [-0.05, 0) is 45.2 Å². The Bertz CT molecular complexity index is 1010. The summed E-state index contributed by atoms with van der Waals surface area (Å²) in [6.45, 7) is 5.11. The molecule has 2 saturated heterocycles. The van der Waals surface area contributed by atoms with E-state index < -0.39 is 12.0 Å². The number of aromatic nitrogens is 4. The van der Waals surface area contributed by atoms with Crippen LogP contribution < -0.4 is 5.73 Å². The van der Waals surface area contributed by atoms with E-state index in [-0.39, 0.29) is 18.3 Å². The predicted octanol–water partition coefficient (Wildman–Crippen LogP) is 1.85. The number of nitrogens with zero attached hydrogens (tertiary/aromatic N) is 8. The number of nitrogens with two attached hydrogens (primary N) is 1. The third-order valence-corrected chi connectivity index (χ3v) is 6.49. The highest BCUT2D eigenvalue weighted by atomic mass is 16.8. The van der Waals surface area contributed by atoms with Gasteiger partial charge in [0.05, 0.1) is 6.33 Å². The number of hydrogen-bond donors (Lipinski definition) is 1. The van der Waals surface area contributed by atoms with E-state index in [2.05, 4.69) is 36.9 Å². The average molecular weight is 429 g/mol. The summed E-state index contributed by atoms with van der Waals surface area (Å²) < 4.78 is 20.8. The first-order valence-electron chi connectivity index (χ1n) is 10.5. The van der Waals surface area contributed by atoms with Gasteiger partial charge in [0, 0.05) is 24.0 Å². The molecule has 2 N–H and O–H groups in total. The highest BCUT2D eigenvalue weighted by Crippen LogP contribution is 2.44. The molecule has 3 fully saturated rings. The van der Waals surface area contributed by atoms with Crippen LogP contribution in [-0.4, -0.2) is 74.7 Å². The van der Waals surface area contributed by atoms with Crippen molar-refractivity contribution in [3.05, 3.63) is 23.1 Å². The summed E-state index contributed by atoms with van der Waals surface area (Å²) >= 11 is 0. The molecule has 5 rings (SSSR count). The van der Waals surface area contributed by atoms with E-state index in [1.165, 1.54) is 6.33 Å². The van der Waals surface area contributed by atoms with Gasteiger partial charge in [0.2, 0.25) is 0 Å². The first-order valence-corrected chi connectivity index (χ1v) is 10.5. The van der Waals surface area contributed by atoms with Gasteiger partial charge in [0.1, 0.15) is 30.2 Å². The number of fused-ring (bicyclic) bond motifs is 2. The third-order valence-electron chi connectivity index (χ3n) is 6.49. The highest BCUT2D eigenvalue weighted by Gasteiger charge is 2.56. The fraction of sp³-hybridized carbons (Fsp3) is 0.737. The standard InChI is InChI=1S/C19H27N9O3/c1-19(2)30-14-12(7-27(3)11-4-10(5-11)6-25-26-21)29-18(15(14)31-19)28-9-24-13-16(20)22-8-23-17(13)28/h8-12,14-15,18H,4-7H2,1-3H3,(H2,20,22,23)/t10?,11?,12-,14-,15-,18?/m1/s1. The van der Waals surface area contributed by atoms with Crippen LogP contribution in [0.5, 0.6) is 0 Å². The normalized spacial score (nSPS) is 33.9. The number of azide groups is 1. The Balaban J connectivity index is 1.34. The zero-order chi connectivity index (χ0) is 21.8. The van der Waals surface area contributed by atoms with Crippen molar-refractivity contribution >= 4 is 17.0 Å². The molecule has 2 aliphatic heterocycles. The van der Waals surface area contributed by atoms with Gasteiger partial charge >= 0.3 is 0 Å². The van der Waals surface area contributed by atoms with Crippen molar-refractivity contribution < 1.29 is 14.2 Å². The average Bonchev–Trinajstić information content (AvgIpc) is 3.33. The van der Waals surface area contributed by atoms with Crippen LogP contribution >= 0.6 is 0 Å². The summed E-state index contributed by atoms with van der Waals surface area (Å²) in [6.07, 6.45) is 4.03. The van der Waals surface area contributed by atoms with E-state index >= 15 is 0 Å². The molecule has 1 aliphatic carbocycles. The fourth-order valence-corrected chi connectivity index (χ4v) is 4.88. The Kier molecular flexibility index (Phi) is 4.98.